The second-order valence-electron chi connectivity index (χ2n) is 7.72. The fourth-order valence-electron chi connectivity index (χ4n) is 3.51. The largest absolute Gasteiger partial charge is 0.383 e. The standard InChI is InChI=1S/C25H24N6O5/c1-36-15-14-30-22(21(24(34)28-25(30)35)26-16-17-8-4-2-5-9-17)27-23(33)19-12-13-20(32)31(29-19)18-10-6-3-7-11-18/h2-13,26H,14-16H2,1H3,(H,27,33)(H,28,34,35). The Labute approximate surface area is 205 Å². The van der Waals surface area contributed by atoms with E-state index >= 15 is 0 Å². The lowest BCUT2D eigenvalue weighted by Gasteiger charge is -2.18. The van der Waals surface area contributed by atoms with Crippen LogP contribution in [0.2, 0.25) is 0 Å². The zero-order chi connectivity index (χ0) is 25.5. The smallest absolute Gasteiger partial charge is 0.330 e. The van der Waals surface area contributed by atoms with Crippen LogP contribution in [0.5, 0.6) is 0 Å². The maximum absolute atomic E-state index is 13.2. The number of amides is 1. The van der Waals surface area contributed by atoms with Gasteiger partial charge in [-0.15, -0.1) is 0 Å². The molecule has 4 rings (SSSR count). The van der Waals surface area contributed by atoms with Crippen molar-refractivity contribution in [2.75, 3.05) is 24.4 Å². The second-order valence-corrected chi connectivity index (χ2v) is 7.72. The Hall–Kier alpha value is -4.77. The minimum atomic E-state index is -0.710. The Balaban J connectivity index is 1.72. The summed E-state index contributed by atoms with van der Waals surface area (Å²) in [5, 5.41) is 9.81. The molecule has 2 aromatic carbocycles. The molecule has 4 aromatic rings. The monoisotopic (exact) mass is 488 g/mol. The van der Waals surface area contributed by atoms with Crippen LogP contribution in [0.25, 0.3) is 5.69 Å². The summed E-state index contributed by atoms with van der Waals surface area (Å²) < 4.78 is 7.38. The summed E-state index contributed by atoms with van der Waals surface area (Å²) in [6.45, 7) is 0.495. The quantitative estimate of drug-likeness (QED) is 0.325. The van der Waals surface area contributed by atoms with Gasteiger partial charge in [0.2, 0.25) is 0 Å². The van der Waals surface area contributed by atoms with Gasteiger partial charge in [-0.05, 0) is 23.8 Å². The van der Waals surface area contributed by atoms with E-state index in [1.165, 1.54) is 23.8 Å². The Morgan fingerprint density at radius 1 is 0.972 bits per heavy atom. The Bertz CT molecular complexity index is 1530. The summed E-state index contributed by atoms with van der Waals surface area (Å²) in [7, 11) is 1.47. The maximum Gasteiger partial charge on any atom is 0.330 e. The van der Waals surface area contributed by atoms with E-state index in [-0.39, 0.29) is 36.9 Å². The first-order chi connectivity index (χ1) is 17.5. The Kier molecular flexibility index (Phi) is 7.51. The first-order valence-electron chi connectivity index (χ1n) is 11.1. The van der Waals surface area contributed by atoms with E-state index in [9.17, 15) is 19.2 Å². The molecule has 0 spiro atoms. The molecule has 0 radical (unpaired) electrons. The third kappa shape index (κ3) is 5.47. The molecule has 0 saturated heterocycles. The predicted octanol–water partition coefficient (Wildman–Crippen LogP) is 1.59. The summed E-state index contributed by atoms with van der Waals surface area (Å²) in [5.41, 5.74) is -0.535. The molecule has 3 N–H and O–H groups in total. The van der Waals surface area contributed by atoms with Gasteiger partial charge in [-0.1, -0.05) is 48.5 Å². The molecule has 0 aliphatic heterocycles. The first kappa shape index (κ1) is 24.4. The van der Waals surface area contributed by atoms with Gasteiger partial charge in [0.1, 0.15) is 17.2 Å². The highest BCUT2D eigenvalue weighted by molar-refractivity contribution is 6.03. The summed E-state index contributed by atoms with van der Waals surface area (Å²) in [6, 6.07) is 20.5. The third-order valence-electron chi connectivity index (χ3n) is 5.30. The number of nitrogens with zero attached hydrogens (tertiary/aromatic N) is 3. The van der Waals surface area contributed by atoms with Crippen molar-refractivity contribution in [3.63, 3.8) is 0 Å². The average Bonchev–Trinajstić information content (AvgIpc) is 2.89. The van der Waals surface area contributed by atoms with Gasteiger partial charge in [0.15, 0.2) is 0 Å². The molecular weight excluding hydrogens is 464 g/mol. The van der Waals surface area contributed by atoms with Crippen molar-refractivity contribution < 1.29 is 9.53 Å². The highest BCUT2D eigenvalue weighted by Gasteiger charge is 2.20. The summed E-state index contributed by atoms with van der Waals surface area (Å²) in [4.78, 5) is 53.2. The molecule has 36 heavy (non-hydrogen) atoms. The predicted molar refractivity (Wildman–Crippen MR) is 135 cm³/mol. The van der Waals surface area contributed by atoms with E-state index in [0.29, 0.717) is 5.69 Å². The van der Waals surface area contributed by atoms with Gasteiger partial charge in [-0.3, -0.25) is 23.9 Å². The van der Waals surface area contributed by atoms with Crippen LogP contribution in [-0.2, 0) is 17.8 Å². The minimum Gasteiger partial charge on any atom is -0.383 e. The van der Waals surface area contributed by atoms with Gasteiger partial charge < -0.3 is 15.4 Å². The maximum atomic E-state index is 13.2. The van der Waals surface area contributed by atoms with Crippen molar-refractivity contribution in [1.29, 1.82) is 0 Å². The highest BCUT2D eigenvalue weighted by atomic mass is 16.5. The normalized spacial score (nSPS) is 10.7. The van der Waals surface area contributed by atoms with Crippen molar-refractivity contribution >= 4 is 17.4 Å². The van der Waals surface area contributed by atoms with Gasteiger partial charge in [0.25, 0.3) is 17.0 Å². The molecule has 0 bridgehead atoms. The van der Waals surface area contributed by atoms with Gasteiger partial charge in [0.05, 0.1) is 18.8 Å². The zero-order valence-corrected chi connectivity index (χ0v) is 19.4. The fraction of sp³-hybridized carbons (Fsp3) is 0.160. The number of H-pyrrole nitrogens is 1. The Morgan fingerprint density at radius 3 is 2.36 bits per heavy atom. The van der Waals surface area contributed by atoms with Crippen molar-refractivity contribution in [2.24, 2.45) is 0 Å². The molecule has 11 nitrogen and oxygen atoms in total. The molecule has 0 atom stereocenters. The first-order valence-corrected chi connectivity index (χ1v) is 11.1. The van der Waals surface area contributed by atoms with E-state index in [1.54, 1.807) is 30.3 Å². The molecule has 1 amide bonds. The average molecular weight is 489 g/mol. The number of anilines is 2. The van der Waals surface area contributed by atoms with Crippen molar-refractivity contribution in [3.8, 4) is 5.69 Å². The number of methoxy groups -OCH3 is 1. The molecule has 2 aromatic heterocycles. The van der Waals surface area contributed by atoms with Crippen LogP contribution in [0.1, 0.15) is 16.1 Å². The van der Waals surface area contributed by atoms with Gasteiger partial charge >= 0.3 is 5.69 Å². The van der Waals surface area contributed by atoms with E-state index in [0.717, 1.165) is 10.2 Å². The van der Waals surface area contributed by atoms with E-state index in [4.69, 9.17) is 4.74 Å². The molecule has 0 aliphatic carbocycles. The highest BCUT2D eigenvalue weighted by Crippen LogP contribution is 2.17. The van der Waals surface area contributed by atoms with Gasteiger partial charge in [-0.25, -0.2) is 4.79 Å². The number of hydrogen-bond donors (Lipinski definition) is 3. The fourth-order valence-corrected chi connectivity index (χ4v) is 3.51. The van der Waals surface area contributed by atoms with Crippen LogP contribution in [0.4, 0.5) is 11.5 Å². The van der Waals surface area contributed by atoms with Crippen LogP contribution in [0.3, 0.4) is 0 Å². The Morgan fingerprint density at radius 2 is 1.67 bits per heavy atom. The number of hydrogen-bond acceptors (Lipinski definition) is 7. The molecule has 0 saturated carbocycles. The number of aromatic nitrogens is 4. The lowest BCUT2D eigenvalue weighted by atomic mass is 10.2. The lowest BCUT2D eigenvalue weighted by Crippen LogP contribution is -2.36. The van der Waals surface area contributed by atoms with Crippen LogP contribution in [-0.4, -0.2) is 39.0 Å². The van der Waals surface area contributed by atoms with Crippen LogP contribution < -0.4 is 27.4 Å². The molecule has 184 valence electrons. The topological polar surface area (TPSA) is 140 Å². The number of para-hydroxylation sites is 1. The SMILES string of the molecule is COCCn1c(NC(=O)c2ccc(=O)n(-c3ccccc3)n2)c(NCc2ccccc2)c(=O)[nH]c1=O. The summed E-state index contributed by atoms with van der Waals surface area (Å²) in [6.07, 6.45) is 0. The number of aromatic amines is 1. The van der Waals surface area contributed by atoms with Crippen molar-refractivity contribution in [3.05, 3.63) is 115 Å². The number of carbonyl (C=O) groups is 1. The summed E-state index contributed by atoms with van der Waals surface area (Å²) in [5.74, 6) is -0.750. The molecular formula is C25H24N6O5. The van der Waals surface area contributed by atoms with Crippen LogP contribution >= 0.6 is 0 Å². The number of ether oxygens (including phenoxy) is 1. The molecule has 0 aliphatic rings. The van der Waals surface area contributed by atoms with E-state index in [1.807, 2.05) is 30.3 Å². The molecule has 11 heteroatoms. The van der Waals surface area contributed by atoms with E-state index < -0.39 is 22.7 Å². The number of rotatable bonds is 9. The second kappa shape index (κ2) is 11.1. The van der Waals surface area contributed by atoms with Crippen molar-refractivity contribution in [1.82, 2.24) is 19.3 Å². The zero-order valence-electron chi connectivity index (χ0n) is 19.4. The molecule has 0 fully saturated rings. The number of carbonyl (C=O) groups excluding carboxylic acids is 1. The molecule has 0 unspecified atom stereocenters. The lowest BCUT2D eigenvalue weighted by molar-refractivity contribution is 0.101. The van der Waals surface area contributed by atoms with Gasteiger partial charge in [0, 0.05) is 19.7 Å². The van der Waals surface area contributed by atoms with E-state index in [2.05, 4.69) is 20.7 Å². The molecule has 2 heterocycles. The van der Waals surface area contributed by atoms with Crippen LogP contribution in [0, 0.1) is 0 Å². The van der Waals surface area contributed by atoms with Crippen LogP contribution in [0.15, 0.2) is 87.2 Å². The third-order valence-corrected chi connectivity index (χ3v) is 5.30. The van der Waals surface area contributed by atoms with Crippen molar-refractivity contribution in [2.45, 2.75) is 13.1 Å². The minimum absolute atomic E-state index is 0.000660. The summed E-state index contributed by atoms with van der Waals surface area (Å²) >= 11 is 0. The van der Waals surface area contributed by atoms with Gasteiger partial charge in [-0.2, -0.15) is 9.78 Å². The number of nitrogens with one attached hydrogen (secondary N) is 3. The number of benzene rings is 2.